The number of hydrogen-bond donors (Lipinski definition) is 1. The van der Waals surface area contributed by atoms with Crippen LogP contribution in [0.2, 0.25) is 0 Å². The van der Waals surface area contributed by atoms with Crippen LogP contribution in [-0.4, -0.2) is 24.3 Å². The molecule has 3 saturated carbocycles. The summed E-state index contributed by atoms with van der Waals surface area (Å²) in [6.45, 7) is 15.0. The van der Waals surface area contributed by atoms with Gasteiger partial charge in [-0.25, -0.2) is 4.79 Å². The van der Waals surface area contributed by atoms with E-state index in [0.29, 0.717) is 11.2 Å². The second-order valence-corrected chi connectivity index (χ2v) is 15.3. The average Bonchev–Trinajstić information content (AvgIpc) is 3.32. The SMILES string of the molecule is COc1cc(C=CC(=O)O[C@H]2CC[C@@]3(C)C(=CC[C@@H]4[C@H]3CC[C@@]3(C)[C@H]4CC[C@H]3[C@@H](C)CC[C@@H](C)C(C)C)C2)ccc1O. The van der Waals surface area contributed by atoms with E-state index in [1.54, 1.807) is 29.8 Å². The number of fused-ring (bicyclic) bond motifs is 5. The lowest BCUT2D eigenvalue weighted by molar-refractivity contribution is -0.145. The molecule has 1 aromatic carbocycles. The third-order valence-electron chi connectivity index (χ3n) is 12.9. The molecule has 0 bridgehead atoms. The highest BCUT2D eigenvalue weighted by Crippen LogP contribution is 2.67. The molecule has 232 valence electrons. The van der Waals surface area contributed by atoms with E-state index in [9.17, 15) is 9.90 Å². The van der Waals surface area contributed by atoms with Crippen molar-refractivity contribution in [2.75, 3.05) is 7.11 Å². The molecule has 4 heteroatoms. The van der Waals surface area contributed by atoms with E-state index in [2.05, 4.69) is 47.6 Å². The van der Waals surface area contributed by atoms with E-state index in [0.717, 1.165) is 66.3 Å². The summed E-state index contributed by atoms with van der Waals surface area (Å²) in [6, 6.07) is 5.04. The van der Waals surface area contributed by atoms with Crippen molar-refractivity contribution >= 4 is 12.0 Å². The number of ether oxygens (including phenoxy) is 2. The Labute approximate surface area is 255 Å². The van der Waals surface area contributed by atoms with Gasteiger partial charge < -0.3 is 14.6 Å². The van der Waals surface area contributed by atoms with E-state index in [-0.39, 0.29) is 23.2 Å². The van der Waals surface area contributed by atoms with Crippen molar-refractivity contribution in [2.45, 2.75) is 112 Å². The number of aromatic hydroxyl groups is 1. The quantitative estimate of drug-likeness (QED) is 0.181. The standard InChI is InChI=1S/C38H56O4/c1-24(2)25(3)8-9-26(4)31-14-15-32-30-13-12-28-23-29(18-20-37(28,5)33(30)19-21-38(31,32)6)42-36(40)17-11-27-10-16-34(39)35(22-27)41-7/h10-12,16-17,22,24-26,29-33,39H,8-9,13-15,18-21,23H2,1-7H3/t25-,26+,29+,30+,31+,32+,33-,37+,38-/m1/s1. The van der Waals surface area contributed by atoms with Crippen molar-refractivity contribution < 1.29 is 19.4 Å². The second kappa shape index (κ2) is 12.4. The van der Waals surface area contributed by atoms with Crippen LogP contribution in [-0.2, 0) is 9.53 Å². The lowest BCUT2D eigenvalue weighted by Gasteiger charge is -2.58. The first-order valence-corrected chi connectivity index (χ1v) is 16.9. The predicted octanol–water partition coefficient (Wildman–Crippen LogP) is 9.61. The molecule has 4 aliphatic carbocycles. The largest absolute Gasteiger partial charge is 0.504 e. The number of rotatable bonds is 9. The van der Waals surface area contributed by atoms with Gasteiger partial charge in [-0.15, -0.1) is 0 Å². The number of benzene rings is 1. The van der Waals surface area contributed by atoms with Gasteiger partial charge in [-0.05, 0) is 121 Å². The molecule has 0 spiro atoms. The predicted molar refractivity (Wildman–Crippen MR) is 171 cm³/mol. The van der Waals surface area contributed by atoms with Gasteiger partial charge in [0, 0.05) is 12.5 Å². The Kier molecular flexibility index (Phi) is 9.22. The summed E-state index contributed by atoms with van der Waals surface area (Å²) in [5, 5.41) is 9.81. The summed E-state index contributed by atoms with van der Waals surface area (Å²) in [7, 11) is 1.52. The summed E-state index contributed by atoms with van der Waals surface area (Å²) in [5.41, 5.74) is 3.09. The molecule has 1 N–H and O–H groups in total. The molecule has 0 saturated heterocycles. The summed E-state index contributed by atoms with van der Waals surface area (Å²) >= 11 is 0. The highest BCUT2D eigenvalue weighted by atomic mass is 16.5. The van der Waals surface area contributed by atoms with Crippen LogP contribution < -0.4 is 4.74 Å². The van der Waals surface area contributed by atoms with Gasteiger partial charge in [0.25, 0.3) is 0 Å². The molecule has 0 aromatic heterocycles. The Morgan fingerprint density at radius 2 is 1.83 bits per heavy atom. The van der Waals surface area contributed by atoms with Crippen LogP contribution >= 0.6 is 0 Å². The normalized spacial score (nSPS) is 35.6. The minimum Gasteiger partial charge on any atom is -0.504 e. The van der Waals surface area contributed by atoms with Gasteiger partial charge in [0.05, 0.1) is 7.11 Å². The maximum absolute atomic E-state index is 12.7. The van der Waals surface area contributed by atoms with Crippen molar-refractivity contribution in [3.63, 3.8) is 0 Å². The van der Waals surface area contributed by atoms with Gasteiger partial charge in [-0.2, -0.15) is 0 Å². The zero-order valence-corrected chi connectivity index (χ0v) is 27.3. The summed E-state index contributed by atoms with van der Waals surface area (Å²) in [6.07, 6.45) is 18.3. The smallest absolute Gasteiger partial charge is 0.331 e. The Bertz CT molecular complexity index is 1180. The molecule has 0 aliphatic heterocycles. The van der Waals surface area contributed by atoms with Gasteiger partial charge in [0.15, 0.2) is 11.5 Å². The molecule has 9 atom stereocenters. The summed E-state index contributed by atoms with van der Waals surface area (Å²) in [4.78, 5) is 12.7. The molecule has 0 radical (unpaired) electrons. The molecule has 42 heavy (non-hydrogen) atoms. The monoisotopic (exact) mass is 576 g/mol. The van der Waals surface area contributed by atoms with Gasteiger partial charge in [-0.3, -0.25) is 0 Å². The van der Waals surface area contributed by atoms with Gasteiger partial charge in [0.1, 0.15) is 6.10 Å². The first-order valence-electron chi connectivity index (χ1n) is 16.9. The lowest BCUT2D eigenvalue weighted by Crippen LogP contribution is -2.51. The number of carbonyl (C=O) groups excluding carboxylic acids is 1. The molecule has 1 aromatic rings. The van der Waals surface area contributed by atoms with E-state index in [4.69, 9.17) is 9.47 Å². The highest BCUT2D eigenvalue weighted by molar-refractivity contribution is 5.87. The molecule has 4 nitrogen and oxygen atoms in total. The topological polar surface area (TPSA) is 55.8 Å². The van der Waals surface area contributed by atoms with Crippen molar-refractivity contribution in [2.24, 2.45) is 52.3 Å². The van der Waals surface area contributed by atoms with Gasteiger partial charge in [0.2, 0.25) is 0 Å². The summed E-state index contributed by atoms with van der Waals surface area (Å²) < 4.78 is 11.1. The lowest BCUT2D eigenvalue weighted by atomic mass is 9.47. The number of phenols is 1. The number of carbonyl (C=O) groups is 1. The second-order valence-electron chi connectivity index (χ2n) is 15.3. The van der Waals surface area contributed by atoms with Crippen LogP contribution in [0.1, 0.15) is 111 Å². The van der Waals surface area contributed by atoms with Crippen LogP contribution in [0.25, 0.3) is 6.08 Å². The van der Waals surface area contributed by atoms with E-state index >= 15 is 0 Å². The maximum Gasteiger partial charge on any atom is 0.331 e. The fourth-order valence-corrected chi connectivity index (χ4v) is 9.93. The number of allylic oxidation sites excluding steroid dienone is 1. The number of hydrogen-bond acceptors (Lipinski definition) is 4. The Hall–Kier alpha value is -2.23. The number of methoxy groups -OCH3 is 1. The molecule has 0 amide bonds. The minimum atomic E-state index is -0.299. The Morgan fingerprint density at radius 3 is 2.57 bits per heavy atom. The van der Waals surface area contributed by atoms with Crippen molar-refractivity contribution in [1.82, 2.24) is 0 Å². The minimum absolute atomic E-state index is 0.0498. The first-order chi connectivity index (χ1) is 20.0. The molecule has 4 aliphatic rings. The molecular formula is C38H56O4. The Morgan fingerprint density at radius 1 is 1.05 bits per heavy atom. The maximum atomic E-state index is 12.7. The zero-order valence-electron chi connectivity index (χ0n) is 27.3. The van der Waals surface area contributed by atoms with E-state index < -0.39 is 0 Å². The van der Waals surface area contributed by atoms with Gasteiger partial charge >= 0.3 is 5.97 Å². The van der Waals surface area contributed by atoms with Crippen LogP contribution in [0.4, 0.5) is 0 Å². The molecule has 0 unspecified atom stereocenters. The average molecular weight is 577 g/mol. The number of phenolic OH excluding ortho intramolecular Hbond substituents is 1. The highest BCUT2D eigenvalue weighted by Gasteiger charge is 2.59. The zero-order chi connectivity index (χ0) is 30.2. The molecule has 0 heterocycles. The number of esters is 1. The fraction of sp³-hybridized carbons (Fsp3) is 0.711. The molecular weight excluding hydrogens is 520 g/mol. The van der Waals surface area contributed by atoms with E-state index in [1.807, 2.05) is 0 Å². The summed E-state index contributed by atoms with van der Waals surface area (Å²) in [5.74, 6) is 5.94. The van der Waals surface area contributed by atoms with Crippen molar-refractivity contribution in [3.05, 3.63) is 41.5 Å². The van der Waals surface area contributed by atoms with Gasteiger partial charge in [-0.1, -0.05) is 72.1 Å². The van der Waals surface area contributed by atoms with Crippen molar-refractivity contribution in [3.8, 4) is 11.5 Å². The third kappa shape index (κ3) is 5.93. The van der Waals surface area contributed by atoms with E-state index in [1.165, 1.54) is 58.1 Å². The molecule has 3 fully saturated rings. The van der Waals surface area contributed by atoms with Crippen LogP contribution in [0.5, 0.6) is 11.5 Å². The first kappa shape index (κ1) is 31.2. The van der Waals surface area contributed by atoms with Crippen molar-refractivity contribution in [1.29, 1.82) is 0 Å². The third-order valence-corrected chi connectivity index (χ3v) is 12.9. The fourth-order valence-electron chi connectivity index (χ4n) is 9.93. The van der Waals surface area contributed by atoms with Crippen LogP contribution in [0, 0.1) is 52.3 Å². The Balaban J connectivity index is 1.21. The van der Waals surface area contributed by atoms with Crippen LogP contribution in [0.3, 0.4) is 0 Å². The van der Waals surface area contributed by atoms with Crippen LogP contribution in [0.15, 0.2) is 35.9 Å². The molecule has 5 rings (SSSR count).